The van der Waals surface area contributed by atoms with Gasteiger partial charge in [0.15, 0.2) is 6.61 Å². The number of benzene rings is 1. The second-order valence-electron chi connectivity index (χ2n) is 4.91. The summed E-state index contributed by atoms with van der Waals surface area (Å²) in [5, 5.41) is 2.53. The molecular formula is C16H17N3O6. The normalized spacial score (nSPS) is 10.1. The highest BCUT2D eigenvalue weighted by molar-refractivity contribution is 5.80. The third kappa shape index (κ3) is 6.34. The van der Waals surface area contributed by atoms with Crippen LogP contribution in [0.3, 0.4) is 0 Å². The van der Waals surface area contributed by atoms with E-state index < -0.39 is 36.3 Å². The molecule has 0 bridgehead atoms. The van der Waals surface area contributed by atoms with Gasteiger partial charge >= 0.3 is 11.7 Å². The number of nitrogens with one attached hydrogen (secondary N) is 2. The molecular weight excluding hydrogens is 330 g/mol. The van der Waals surface area contributed by atoms with Crippen molar-refractivity contribution in [3.63, 3.8) is 0 Å². The van der Waals surface area contributed by atoms with Crippen LogP contribution in [0.4, 0.5) is 0 Å². The molecule has 0 saturated heterocycles. The first-order valence-corrected chi connectivity index (χ1v) is 7.44. The maximum Gasteiger partial charge on any atom is 0.328 e. The van der Waals surface area contributed by atoms with Crippen LogP contribution in [-0.4, -0.2) is 41.2 Å². The van der Waals surface area contributed by atoms with E-state index in [4.69, 9.17) is 9.47 Å². The summed E-state index contributed by atoms with van der Waals surface area (Å²) in [7, 11) is 0. The molecule has 2 aromatic rings. The number of carbonyl (C=O) groups is 2. The standard InChI is InChI=1S/C16H17N3O6/c20-13-6-8-19(16(23)18-13)10-15(22)25-11-14(21)17-7-9-24-12-4-2-1-3-5-12/h1-6,8H,7,9-11H2,(H,17,21)(H,18,20,23). The zero-order chi connectivity index (χ0) is 18.1. The van der Waals surface area contributed by atoms with E-state index in [9.17, 15) is 19.2 Å². The molecule has 9 heteroatoms. The Morgan fingerprint density at radius 2 is 1.88 bits per heavy atom. The van der Waals surface area contributed by atoms with Crippen molar-refractivity contribution in [2.24, 2.45) is 0 Å². The van der Waals surface area contributed by atoms with Crippen LogP contribution >= 0.6 is 0 Å². The molecule has 0 saturated carbocycles. The smallest absolute Gasteiger partial charge is 0.328 e. The maximum absolute atomic E-state index is 11.6. The van der Waals surface area contributed by atoms with Gasteiger partial charge in [-0.2, -0.15) is 0 Å². The van der Waals surface area contributed by atoms with E-state index in [-0.39, 0.29) is 13.2 Å². The molecule has 0 atom stereocenters. The van der Waals surface area contributed by atoms with E-state index in [1.54, 1.807) is 12.1 Å². The molecule has 1 aromatic heterocycles. The number of carbonyl (C=O) groups excluding carboxylic acids is 2. The maximum atomic E-state index is 11.6. The van der Waals surface area contributed by atoms with E-state index in [1.807, 2.05) is 23.2 Å². The lowest BCUT2D eigenvalue weighted by Gasteiger charge is -2.08. The summed E-state index contributed by atoms with van der Waals surface area (Å²) in [5.74, 6) is -0.571. The average molecular weight is 347 g/mol. The minimum Gasteiger partial charge on any atom is -0.492 e. The summed E-state index contributed by atoms with van der Waals surface area (Å²) < 4.78 is 11.1. The summed E-state index contributed by atoms with van der Waals surface area (Å²) in [6.45, 7) is -0.344. The molecule has 0 unspecified atom stereocenters. The molecule has 2 rings (SSSR count). The van der Waals surface area contributed by atoms with Crippen molar-refractivity contribution in [3.05, 3.63) is 63.4 Å². The van der Waals surface area contributed by atoms with Gasteiger partial charge in [0.05, 0.1) is 6.54 Å². The van der Waals surface area contributed by atoms with Gasteiger partial charge in [-0.05, 0) is 12.1 Å². The molecule has 1 aromatic carbocycles. The number of nitrogens with zero attached hydrogens (tertiary/aromatic N) is 1. The number of H-pyrrole nitrogens is 1. The average Bonchev–Trinajstić information content (AvgIpc) is 2.60. The zero-order valence-corrected chi connectivity index (χ0v) is 13.3. The number of esters is 1. The van der Waals surface area contributed by atoms with Crippen molar-refractivity contribution < 1.29 is 19.1 Å². The third-order valence-corrected chi connectivity index (χ3v) is 3.00. The van der Waals surface area contributed by atoms with Crippen molar-refractivity contribution in [1.82, 2.24) is 14.9 Å². The van der Waals surface area contributed by atoms with Crippen molar-refractivity contribution in [3.8, 4) is 5.75 Å². The van der Waals surface area contributed by atoms with Crippen LogP contribution in [0.15, 0.2) is 52.2 Å². The van der Waals surface area contributed by atoms with Gasteiger partial charge in [-0.1, -0.05) is 18.2 Å². The van der Waals surface area contributed by atoms with Gasteiger partial charge in [0.1, 0.15) is 18.9 Å². The summed E-state index contributed by atoms with van der Waals surface area (Å²) in [6, 6.07) is 10.2. The monoisotopic (exact) mass is 347 g/mol. The number of aromatic nitrogens is 2. The van der Waals surface area contributed by atoms with Gasteiger partial charge in [-0.15, -0.1) is 0 Å². The molecule has 1 heterocycles. The third-order valence-electron chi connectivity index (χ3n) is 3.00. The Morgan fingerprint density at radius 1 is 1.12 bits per heavy atom. The summed E-state index contributed by atoms with van der Waals surface area (Å²) in [4.78, 5) is 47.5. The topological polar surface area (TPSA) is 119 Å². The predicted octanol–water partition coefficient (Wildman–Crippen LogP) is -0.725. The zero-order valence-electron chi connectivity index (χ0n) is 13.3. The quantitative estimate of drug-likeness (QED) is 0.480. The fraction of sp³-hybridized carbons (Fsp3) is 0.250. The Bertz CT molecular complexity index is 828. The number of hydrogen-bond acceptors (Lipinski definition) is 6. The second kappa shape index (κ2) is 9.06. The molecule has 0 aliphatic carbocycles. The fourth-order valence-corrected chi connectivity index (χ4v) is 1.83. The lowest BCUT2D eigenvalue weighted by atomic mass is 10.3. The van der Waals surface area contributed by atoms with E-state index >= 15 is 0 Å². The summed E-state index contributed by atoms with van der Waals surface area (Å²) in [5.41, 5.74) is -1.29. The Labute approximate surface area is 142 Å². The first-order chi connectivity index (χ1) is 12.0. The molecule has 0 aliphatic rings. The molecule has 0 aliphatic heterocycles. The number of aromatic amines is 1. The van der Waals surface area contributed by atoms with Crippen LogP contribution in [0, 0.1) is 0 Å². The first-order valence-electron chi connectivity index (χ1n) is 7.44. The molecule has 0 spiro atoms. The minimum atomic E-state index is -0.773. The number of hydrogen-bond donors (Lipinski definition) is 2. The molecule has 9 nitrogen and oxygen atoms in total. The largest absolute Gasteiger partial charge is 0.492 e. The van der Waals surface area contributed by atoms with Gasteiger partial charge in [0, 0.05) is 12.3 Å². The second-order valence-corrected chi connectivity index (χ2v) is 4.91. The first kappa shape index (κ1) is 18.0. The van der Waals surface area contributed by atoms with Gasteiger partial charge in [0.25, 0.3) is 11.5 Å². The Hall–Kier alpha value is -3.36. The highest BCUT2D eigenvalue weighted by atomic mass is 16.5. The van der Waals surface area contributed by atoms with Gasteiger partial charge < -0.3 is 14.8 Å². The highest BCUT2D eigenvalue weighted by Gasteiger charge is 2.09. The lowest BCUT2D eigenvalue weighted by Crippen LogP contribution is -2.34. The Morgan fingerprint density at radius 3 is 2.60 bits per heavy atom. The van der Waals surface area contributed by atoms with Crippen molar-refractivity contribution in [1.29, 1.82) is 0 Å². The summed E-state index contributed by atoms with van der Waals surface area (Å²) >= 11 is 0. The SMILES string of the molecule is O=C(COC(=O)Cn1ccc(=O)[nH]c1=O)NCCOc1ccccc1. The number of ether oxygens (including phenoxy) is 2. The van der Waals surface area contributed by atoms with Gasteiger partial charge in [-0.3, -0.25) is 23.9 Å². The molecule has 2 N–H and O–H groups in total. The van der Waals surface area contributed by atoms with Crippen LogP contribution in [0.5, 0.6) is 5.75 Å². The van der Waals surface area contributed by atoms with E-state index in [2.05, 4.69) is 5.32 Å². The molecule has 25 heavy (non-hydrogen) atoms. The Kier molecular flexibility index (Phi) is 6.52. The van der Waals surface area contributed by atoms with E-state index in [0.717, 1.165) is 10.6 Å². The van der Waals surface area contributed by atoms with Crippen molar-refractivity contribution in [2.75, 3.05) is 19.8 Å². The van der Waals surface area contributed by atoms with Crippen molar-refractivity contribution >= 4 is 11.9 Å². The predicted molar refractivity (Wildman–Crippen MR) is 87.2 cm³/mol. The molecule has 0 radical (unpaired) electrons. The number of rotatable bonds is 8. The van der Waals surface area contributed by atoms with Crippen LogP contribution in [-0.2, 0) is 20.9 Å². The van der Waals surface area contributed by atoms with Crippen LogP contribution in [0.1, 0.15) is 0 Å². The van der Waals surface area contributed by atoms with E-state index in [1.165, 1.54) is 6.20 Å². The van der Waals surface area contributed by atoms with Gasteiger partial charge in [-0.25, -0.2) is 4.79 Å². The molecule has 0 fully saturated rings. The van der Waals surface area contributed by atoms with Crippen molar-refractivity contribution in [2.45, 2.75) is 6.54 Å². The lowest BCUT2D eigenvalue weighted by molar-refractivity contribution is -0.149. The van der Waals surface area contributed by atoms with E-state index in [0.29, 0.717) is 5.75 Å². The minimum absolute atomic E-state index is 0.255. The fourth-order valence-electron chi connectivity index (χ4n) is 1.83. The Balaban J connectivity index is 1.64. The number of amides is 1. The van der Waals surface area contributed by atoms with Crippen LogP contribution in [0.25, 0.3) is 0 Å². The molecule has 1 amide bonds. The summed E-state index contributed by atoms with van der Waals surface area (Å²) in [6.07, 6.45) is 1.17. The number of para-hydroxylation sites is 1. The van der Waals surface area contributed by atoms with Crippen LogP contribution in [0.2, 0.25) is 0 Å². The van der Waals surface area contributed by atoms with Crippen LogP contribution < -0.4 is 21.3 Å². The highest BCUT2D eigenvalue weighted by Crippen LogP contribution is 2.07. The van der Waals surface area contributed by atoms with Gasteiger partial charge in [0.2, 0.25) is 0 Å². The molecule has 132 valence electrons.